The molecule has 2 aliphatic rings. The number of benzene rings is 1. The smallest absolute Gasteiger partial charge is 0.240 e. The van der Waals surface area contributed by atoms with Crippen molar-refractivity contribution in [3.8, 4) is 5.88 Å². The fourth-order valence-electron chi connectivity index (χ4n) is 4.65. The van der Waals surface area contributed by atoms with Crippen LogP contribution in [-0.4, -0.2) is 34.9 Å². The Bertz CT molecular complexity index is 982. The van der Waals surface area contributed by atoms with Crippen LogP contribution in [0.4, 0.5) is 0 Å². The van der Waals surface area contributed by atoms with E-state index in [2.05, 4.69) is 61.8 Å². The quantitative estimate of drug-likeness (QED) is 0.569. The first kappa shape index (κ1) is 21.6. The van der Waals surface area contributed by atoms with Gasteiger partial charge in [0.25, 0.3) is 0 Å². The van der Waals surface area contributed by atoms with E-state index in [4.69, 9.17) is 14.5 Å². The van der Waals surface area contributed by atoms with Gasteiger partial charge in [-0.1, -0.05) is 45.0 Å². The maximum atomic E-state index is 6.30. The summed E-state index contributed by atoms with van der Waals surface area (Å²) >= 11 is 0. The summed E-state index contributed by atoms with van der Waals surface area (Å²) in [6.07, 6.45) is 5.55. The molecule has 164 valence electrons. The molecule has 1 aromatic carbocycles. The zero-order chi connectivity index (χ0) is 21.8. The van der Waals surface area contributed by atoms with E-state index in [-0.39, 0.29) is 12.1 Å². The van der Waals surface area contributed by atoms with Crippen LogP contribution >= 0.6 is 0 Å². The van der Waals surface area contributed by atoms with Gasteiger partial charge in [-0.15, -0.1) is 0 Å². The lowest BCUT2D eigenvalue weighted by molar-refractivity contribution is 0.0114. The lowest BCUT2D eigenvalue weighted by Gasteiger charge is -2.39. The van der Waals surface area contributed by atoms with Gasteiger partial charge in [-0.3, -0.25) is 0 Å². The first-order valence-corrected chi connectivity index (χ1v) is 11.6. The van der Waals surface area contributed by atoms with E-state index in [0.29, 0.717) is 18.4 Å². The summed E-state index contributed by atoms with van der Waals surface area (Å²) in [6, 6.07) is 12.9. The molecule has 0 unspecified atom stereocenters. The molecule has 1 aliphatic heterocycles. The van der Waals surface area contributed by atoms with Crippen molar-refractivity contribution in [2.24, 2.45) is 4.99 Å². The van der Waals surface area contributed by atoms with Crippen LogP contribution in [0.15, 0.2) is 59.2 Å². The van der Waals surface area contributed by atoms with Crippen LogP contribution < -0.4 is 4.74 Å². The molecule has 1 aliphatic carbocycles. The van der Waals surface area contributed by atoms with Crippen molar-refractivity contribution in [3.63, 3.8) is 0 Å². The van der Waals surface area contributed by atoms with Crippen molar-refractivity contribution in [2.75, 3.05) is 13.2 Å². The number of aryl methyl sites for hydroxylation is 1. The van der Waals surface area contributed by atoms with Crippen molar-refractivity contribution in [2.45, 2.75) is 65.5 Å². The van der Waals surface area contributed by atoms with Crippen molar-refractivity contribution in [1.29, 1.82) is 0 Å². The topological polar surface area (TPSA) is 47.0 Å². The number of hydrogen-bond acceptors (Lipinski definition) is 5. The van der Waals surface area contributed by atoms with Crippen LogP contribution in [0.2, 0.25) is 0 Å². The largest absolute Gasteiger partial charge is 0.419 e. The zero-order valence-corrected chi connectivity index (χ0v) is 19.1. The number of nitrogens with zero attached hydrogens (tertiary/aromatic N) is 3. The number of aromatic nitrogens is 1. The molecule has 2 aromatic rings. The maximum absolute atomic E-state index is 6.30. The Morgan fingerprint density at radius 1 is 1.03 bits per heavy atom. The van der Waals surface area contributed by atoms with E-state index in [1.807, 2.05) is 18.3 Å². The van der Waals surface area contributed by atoms with E-state index in [0.717, 1.165) is 43.6 Å². The Kier molecular flexibility index (Phi) is 6.71. The van der Waals surface area contributed by atoms with Crippen LogP contribution in [0.1, 0.15) is 63.3 Å². The molecule has 31 heavy (non-hydrogen) atoms. The number of pyridine rings is 1. The predicted molar refractivity (Wildman–Crippen MR) is 124 cm³/mol. The van der Waals surface area contributed by atoms with E-state index in [9.17, 15) is 0 Å². The van der Waals surface area contributed by atoms with Crippen LogP contribution in [0.25, 0.3) is 0 Å². The summed E-state index contributed by atoms with van der Waals surface area (Å²) in [5.41, 5.74) is 6.18. The first-order chi connectivity index (χ1) is 15.2. The van der Waals surface area contributed by atoms with Crippen LogP contribution in [0, 0.1) is 0 Å². The highest BCUT2D eigenvalue weighted by Crippen LogP contribution is 2.42. The number of ether oxygens (including phenoxy) is 2. The normalized spacial score (nSPS) is 20.6. The summed E-state index contributed by atoms with van der Waals surface area (Å²) in [5, 5.41) is 0. The lowest BCUT2D eigenvalue weighted by Crippen LogP contribution is -2.41. The zero-order valence-electron chi connectivity index (χ0n) is 19.1. The number of allylic oxidation sites excluding steroid dienone is 1. The molecule has 0 saturated carbocycles. The van der Waals surface area contributed by atoms with Gasteiger partial charge in [0, 0.05) is 31.0 Å². The monoisotopic (exact) mass is 419 g/mol. The summed E-state index contributed by atoms with van der Waals surface area (Å²) < 4.78 is 12.5. The Hall–Kier alpha value is -2.66. The van der Waals surface area contributed by atoms with Gasteiger partial charge in [0.05, 0.1) is 24.4 Å². The fraction of sp³-hybridized carbons (Fsp3) is 0.462. The van der Waals surface area contributed by atoms with Crippen molar-refractivity contribution in [3.05, 3.63) is 70.9 Å². The van der Waals surface area contributed by atoms with Crippen LogP contribution in [0.3, 0.4) is 0 Å². The molecule has 0 spiro atoms. The van der Waals surface area contributed by atoms with Gasteiger partial charge in [-0.25, -0.2) is 9.98 Å². The third-order valence-electron chi connectivity index (χ3n) is 6.22. The van der Waals surface area contributed by atoms with Crippen molar-refractivity contribution in [1.82, 2.24) is 9.88 Å². The second kappa shape index (κ2) is 9.65. The fourth-order valence-corrected chi connectivity index (χ4v) is 4.65. The van der Waals surface area contributed by atoms with Gasteiger partial charge < -0.3 is 14.4 Å². The molecular weight excluding hydrogens is 386 g/mol. The van der Waals surface area contributed by atoms with E-state index in [1.165, 1.54) is 16.7 Å². The third-order valence-corrected chi connectivity index (χ3v) is 6.22. The van der Waals surface area contributed by atoms with E-state index in [1.54, 1.807) is 0 Å². The molecule has 5 heteroatoms. The Labute approximate surface area is 185 Å². The molecule has 0 fully saturated rings. The highest BCUT2D eigenvalue weighted by Gasteiger charge is 2.40. The number of aliphatic imine (C=N–C) groups is 1. The second-order valence-electron chi connectivity index (χ2n) is 8.06. The van der Waals surface area contributed by atoms with Gasteiger partial charge in [-0.05, 0) is 48.9 Å². The molecular formula is C26H33N3O2. The Morgan fingerprint density at radius 3 is 2.61 bits per heavy atom. The standard InChI is InChI=1S/C26H33N3O2/c1-5-18-13-14-27-24(15-18)31-26-22(7-3)29(17-20(6-2)28-26)25-21-12-10-9-11-19(21)16-23(25)30-8-4/h9-15,23,25H,5-8,16-17H2,1-4H3/t23-,25+/m0/s1. The van der Waals surface area contributed by atoms with Gasteiger partial charge >= 0.3 is 0 Å². The summed E-state index contributed by atoms with van der Waals surface area (Å²) in [5.74, 6) is 1.28. The average molecular weight is 420 g/mol. The predicted octanol–water partition coefficient (Wildman–Crippen LogP) is 5.47. The minimum Gasteiger partial charge on any atom is -0.419 e. The highest BCUT2D eigenvalue weighted by molar-refractivity contribution is 5.88. The SMILES string of the molecule is CCO[C@H]1Cc2ccccc2[C@H]1N1CC(CC)=NC(Oc2cc(CC)ccn2)=C1CC. The molecule has 2 heterocycles. The molecule has 0 radical (unpaired) electrons. The van der Waals surface area contributed by atoms with Crippen molar-refractivity contribution >= 4 is 5.71 Å². The van der Waals surface area contributed by atoms with E-state index >= 15 is 0 Å². The third kappa shape index (κ3) is 4.38. The van der Waals surface area contributed by atoms with Gasteiger partial charge in [0.1, 0.15) is 0 Å². The summed E-state index contributed by atoms with van der Waals surface area (Å²) in [6.45, 7) is 10.1. The molecule has 2 atom stereocenters. The molecule has 0 saturated heterocycles. The van der Waals surface area contributed by atoms with Gasteiger partial charge in [0.15, 0.2) is 0 Å². The first-order valence-electron chi connectivity index (χ1n) is 11.6. The molecule has 4 rings (SSSR count). The minimum atomic E-state index is 0.128. The lowest BCUT2D eigenvalue weighted by atomic mass is 10.0. The average Bonchev–Trinajstić information content (AvgIpc) is 3.16. The molecule has 0 N–H and O–H groups in total. The number of fused-ring (bicyclic) bond motifs is 1. The molecule has 1 aromatic heterocycles. The van der Waals surface area contributed by atoms with Crippen LogP contribution in [0.5, 0.6) is 5.88 Å². The maximum Gasteiger partial charge on any atom is 0.240 e. The van der Waals surface area contributed by atoms with E-state index < -0.39 is 0 Å². The van der Waals surface area contributed by atoms with Gasteiger partial charge in [-0.2, -0.15) is 0 Å². The minimum absolute atomic E-state index is 0.128. The molecule has 5 nitrogen and oxygen atoms in total. The summed E-state index contributed by atoms with van der Waals surface area (Å²) in [7, 11) is 0. The number of hydrogen-bond donors (Lipinski definition) is 0. The molecule has 0 bridgehead atoms. The molecule has 0 amide bonds. The number of rotatable bonds is 8. The van der Waals surface area contributed by atoms with Gasteiger partial charge in [0.2, 0.25) is 11.8 Å². The van der Waals surface area contributed by atoms with Crippen molar-refractivity contribution < 1.29 is 9.47 Å². The Morgan fingerprint density at radius 2 is 1.87 bits per heavy atom. The van der Waals surface area contributed by atoms with Crippen LogP contribution in [-0.2, 0) is 17.6 Å². The Balaban J connectivity index is 1.75. The summed E-state index contributed by atoms with van der Waals surface area (Å²) in [4.78, 5) is 11.8. The highest BCUT2D eigenvalue weighted by atomic mass is 16.5. The second-order valence-corrected chi connectivity index (χ2v) is 8.06.